The molecule has 3 aromatic rings. The first-order chi connectivity index (χ1) is 14.8. The Morgan fingerprint density at radius 3 is 2.48 bits per heavy atom. The molecule has 1 aromatic heterocycles. The van der Waals surface area contributed by atoms with Crippen LogP contribution < -0.4 is 14.8 Å². The standard InChI is InChI=1S/C24H25N3O4/c1-13-6-8-18(14(2)10-13)27-24-22(15(3)26-27)17(12-21(28)25-24)23(29)16-7-9-19(30-4)20(11-16)31-5/h6-11,17H,12H2,1-5H3,(H,25,28)/t17-/m0/s1. The number of anilines is 1. The van der Waals surface area contributed by atoms with Crippen LogP contribution in [-0.2, 0) is 4.79 Å². The van der Waals surface area contributed by atoms with Gasteiger partial charge < -0.3 is 14.8 Å². The van der Waals surface area contributed by atoms with Crippen LogP contribution >= 0.6 is 0 Å². The number of hydrogen-bond donors (Lipinski definition) is 1. The van der Waals surface area contributed by atoms with Gasteiger partial charge in [0.2, 0.25) is 5.91 Å². The molecule has 31 heavy (non-hydrogen) atoms. The number of carbonyl (C=O) groups is 2. The highest BCUT2D eigenvalue weighted by molar-refractivity contribution is 6.08. The number of nitrogens with zero attached hydrogens (tertiary/aromatic N) is 2. The molecule has 4 rings (SSSR count). The lowest BCUT2D eigenvalue weighted by Crippen LogP contribution is -2.28. The van der Waals surface area contributed by atoms with Gasteiger partial charge in [0.15, 0.2) is 17.3 Å². The molecule has 0 spiro atoms. The van der Waals surface area contributed by atoms with Gasteiger partial charge in [-0.1, -0.05) is 17.7 Å². The second kappa shape index (κ2) is 7.91. The summed E-state index contributed by atoms with van der Waals surface area (Å²) in [6, 6.07) is 11.1. The van der Waals surface area contributed by atoms with E-state index in [9.17, 15) is 9.59 Å². The van der Waals surface area contributed by atoms with Crippen LogP contribution in [0.4, 0.5) is 5.82 Å². The number of benzene rings is 2. The molecule has 1 N–H and O–H groups in total. The van der Waals surface area contributed by atoms with Crippen molar-refractivity contribution >= 4 is 17.5 Å². The van der Waals surface area contributed by atoms with E-state index >= 15 is 0 Å². The van der Waals surface area contributed by atoms with Crippen LogP contribution in [0.3, 0.4) is 0 Å². The summed E-state index contributed by atoms with van der Waals surface area (Å²) in [5, 5.41) is 7.61. The Kier molecular flexibility index (Phi) is 5.27. The van der Waals surface area contributed by atoms with Crippen molar-refractivity contribution in [3.63, 3.8) is 0 Å². The summed E-state index contributed by atoms with van der Waals surface area (Å²) in [6.07, 6.45) is 0.0690. The molecule has 0 unspecified atom stereocenters. The Bertz CT molecular complexity index is 1200. The first-order valence-electron chi connectivity index (χ1n) is 10.1. The van der Waals surface area contributed by atoms with Crippen molar-refractivity contribution in [3.8, 4) is 17.2 Å². The maximum Gasteiger partial charge on any atom is 0.226 e. The number of fused-ring (bicyclic) bond motifs is 1. The largest absolute Gasteiger partial charge is 0.493 e. The quantitative estimate of drug-likeness (QED) is 0.629. The average molecular weight is 419 g/mol. The molecule has 0 saturated carbocycles. The molecule has 1 amide bonds. The molecule has 0 fully saturated rings. The minimum atomic E-state index is -0.624. The first kappa shape index (κ1) is 20.7. The highest BCUT2D eigenvalue weighted by Gasteiger charge is 2.36. The lowest BCUT2D eigenvalue weighted by molar-refractivity contribution is -0.116. The van der Waals surface area contributed by atoms with E-state index in [2.05, 4.69) is 16.5 Å². The zero-order chi connectivity index (χ0) is 22.3. The highest BCUT2D eigenvalue weighted by Crippen LogP contribution is 2.39. The number of amides is 1. The number of aromatic nitrogens is 2. The van der Waals surface area contributed by atoms with Crippen LogP contribution in [0, 0.1) is 20.8 Å². The summed E-state index contributed by atoms with van der Waals surface area (Å²) in [6.45, 7) is 5.90. The third kappa shape index (κ3) is 3.56. The molecular weight excluding hydrogens is 394 g/mol. The molecular formula is C24H25N3O4. The van der Waals surface area contributed by atoms with Crippen molar-refractivity contribution in [2.24, 2.45) is 0 Å². The van der Waals surface area contributed by atoms with E-state index in [-0.39, 0.29) is 18.1 Å². The minimum Gasteiger partial charge on any atom is -0.493 e. The van der Waals surface area contributed by atoms with E-state index in [0.717, 1.165) is 22.4 Å². The maximum absolute atomic E-state index is 13.5. The van der Waals surface area contributed by atoms with Crippen molar-refractivity contribution in [1.29, 1.82) is 0 Å². The molecule has 0 saturated heterocycles. The fraction of sp³-hybridized carbons (Fsp3) is 0.292. The zero-order valence-electron chi connectivity index (χ0n) is 18.3. The van der Waals surface area contributed by atoms with Gasteiger partial charge in [0.05, 0.1) is 31.5 Å². The van der Waals surface area contributed by atoms with Gasteiger partial charge >= 0.3 is 0 Å². The van der Waals surface area contributed by atoms with Crippen LogP contribution in [0.2, 0.25) is 0 Å². The predicted molar refractivity (Wildman–Crippen MR) is 118 cm³/mol. The molecule has 2 aromatic carbocycles. The van der Waals surface area contributed by atoms with E-state index in [0.29, 0.717) is 28.6 Å². The number of rotatable bonds is 5. The van der Waals surface area contributed by atoms with E-state index in [4.69, 9.17) is 9.47 Å². The number of hydrogen-bond acceptors (Lipinski definition) is 5. The third-order valence-electron chi connectivity index (χ3n) is 5.67. The minimum absolute atomic E-state index is 0.0690. The second-order valence-corrected chi connectivity index (χ2v) is 7.79. The van der Waals surface area contributed by atoms with Crippen molar-refractivity contribution in [3.05, 3.63) is 64.3 Å². The van der Waals surface area contributed by atoms with Crippen LogP contribution in [0.15, 0.2) is 36.4 Å². The molecule has 0 aliphatic carbocycles. The van der Waals surface area contributed by atoms with Crippen LogP contribution in [0.5, 0.6) is 11.5 Å². The van der Waals surface area contributed by atoms with Crippen LogP contribution in [0.25, 0.3) is 5.69 Å². The topological polar surface area (TPSA) is 82.5 Å². The highest BCUT2D eigenvalue weighted by atomic mass is 16.5. The fourth-order valence-corrected chi connectivity index (χ4v) is 4.18. The SMILES string of the molecule is COc1ccc(C(=O)[C@H]2CC(=O)Nc3c2c(C)nn3-c2ccc(C)cc2C)cc1OC. The zero-order valence-corrected chi connectivity index (χ0v) is 18.3. The molecule has 1 atom stereocenters. The summed E-state index contributed by atoms with van der Waals surface area (Å²) in [5.41, 5.74) is 4.97. The van der Waals surface area contributed by atoms with Gasteiger partial charge in [0.25, 0.3) is 0 Å². The summed E-state index contributed by atoms with van der Waals surface area (Å²) < 4.78 is 12.3. The number of ether oxygens (including phenoxy) is 2. The maximum atomic E-state index is 13.5. The van der Waals surface area contributed by atoms with Crippen molar-refractivity contribution in [2.75, 3.05) is 19.5 Å². The second-order valence-electron chi connectivity index (χ2n) is 7.79. The van der Waals surface area contributed by atoms with Gasteiger partial charge in [-0.15, -0.1) is 0 Å². The van der Waals surface area contributed by atoms with Crippen molar-refractivity contribution in [1.82, 2.24) is 9.78 Å². The monoisotopic (exact) mass is 419 g/mol. The summed E-state index contributed by atoms with van der Waals surface area (Å²) >= 11 is 0. The molecule has 7 heteroatoms. The number of carbonyl (C=O) groups excluding carboxylic acids is 2. The van der Waals surface area contributed by atoms with E-state index in [1.807, 2.05) is 32.9 Å². The number of aryl methyl sites for hydroxylation is 3. The average Bonchev–Trinajstić information content (AvgIpc) is 3.08. The first-order valence-corrected chi connectivity index (χ1v) is 10.1. The van der Waals surface area contributed by atoms with Crippen molar-refractivity contribution < 1.29 is 19.1 Å². The van der Waals surface area contributed by atoms with E-state index < -0.39 is 5.92 Å². The van der Waals surface area contributed by atoms with Gasteiger partial charge in [-0.25, -0.2) is 4.68 Å². The third-order valence-corrected chi connectivity index (χ3v) is 5.67. The molecule has 0 bridgehead atoms. The normalized spacial score (nSPS) is 15.3. The number of ketones is 1. The molecule has 0 radical (unpaired) electrons. The van der Waals surface area contributed by atoms with Gasteiger partial charge in [-0.3, -0.25) is 9.59 Å². The molecule has 7 nitrogen and oxygen atoms in total. The summed E-state index contributed by atoms with van der Waals surface area (Å²) in [4.78, 5) is 26.1. The fourth-order valence-electron chi connectivity index (χ4n) is 4.18. The van der Waals surface area contributed by atoms with Gasteiger partial charge in [-0.05, 0) is 50.6 Å². The lowest BCUT2D eigenvalue weighted by Gasteiger charge is -2.23. The Labute approximate surface area is 181 Å². The Balaban J connectivity index is 1.81. The summed E-state index contributed by atoms with van der Waals surface area (Å²) in [7, 11) is 3.07. The van der Waals surface area contributed by atoms with E-state index in [1.165, 1.54) is 7.11 Å². The Hall–Kier alpha value is -3.61. The van der Waals surface area contributed by atoms with Gasteiger partial charge in [-0.2, -0.15) is 5.10 Å². The van der Waals surface area contributed by atoms with Gasteiger partial charge in [0.1, 0.15) is 5.82 Å². The van der Waals surface area contributed by atoms with Gasteiger partial charge in [0, 0.05) is 17.5 Å². The molecule has 2 heterocycles. The number of nitrogens with one attached hydrogen (secondary N) is 1. The Morgan fingerprint density at radius 2 is 1.81 bits per heavy atom. The smallest absolute Gasteiger partial charge is 0.226 e. The molecule has 1 aliphatic heterocycles. The molecule has 160 valence electrons. The van der Waals surface area contributed by atoms with Crippen molar-refractivity contribution in [2.45, 2.75) is 33.1 Å². The number of Topliss-reactive ketones (excluding diaryl/α,β-unsaturated/α-hetero) is 1. The van der Waals surface area contributed by atoms with Crippen LogP contribution in [-0.4, -0.2) is 35.7 Å². The summed E-state index contributed by atoms with van der Waals surface area (Å²) in [5.74, 6) is 0.579. The predicted octanol–water partition coefficient (Wildman–Crippen LogP) is 4.12. The molecule has 1 aliphatic rings. The van der Waals surface area contributed by atoms with E-state index in [1.54, 1.807) is 30.0 Å². The number of methoxy groups -OCH3 is 2. The van der Waals surface area contributed by atoms with Crippen LogP contribution in [0.1, 0.15) is 45.1 Å². The Morgan fingerprint density at radius 1 is 1.06 bits per heavy atom. The lowest BCUT2D eigenvalue weighted by atomic mass is 9.85.